The first-order chi connectivity index (χ1) is 7.24. The second-order valence-corrected chi connectivity index (χ2v) is 4.31. The summed E-state index contributed by atoms with van der Waals surface area (Å²) in [6.45, 7) is 2.26. The van der Waals surface area contributed by atoms with Crippen LogP contribution in [0.15, 0.2) is 23.6 Å². The molecule has 3 nitrogen and oxygen atoms in total. The van der Waals surface area contributed by atoms with Gasteiger partial charge in [-0.05, 0) is 38.5 Å². The van der Waals surface area contributed by atoms with Crippen molar-refractivity contribution in [3.63, 3.8) is 0 Å². The normalized spacial score (nSPS) is 24.6. The molecule has 1 saturated heterocycles. The fourth-order valence-electron chi connectivity index (χ4n) is 1.97. The highest BCUT2D eigenvalue weighted by atomic mass is 16.5. The summed E-state index contributed by atoms with van der Waals surface area (Å²) in [6, 6.07) is 0. The average Bonchev–Trinajstić information content (AvgIpc) is 2.22. The lowest BCUT2D eigenvalue weighted by Crippen LogP contribution is -2.34. The van der Waals surface area contributed by atoms with Crippen LogP contribution in [0.2, 0.25) is 0 Å². The maximum Gasteiger partial charge on any atom is 0.117 e. The first-order valence-corrected chi connectivity index (χ1v) is 5.60. The molecule has 1 aliphatic carbocycles. The van der Waals surface area contributed by atoms with E-state index in [1.165, 1.54) is 0 Å². The lowest BCUT2D eigenvalue weighted by Gasteiger charge is -2.30. The Hall–Kier alpha value is -0.960. The van der Waals surface area contributed by atoms with Crippen LogP contribution in [0.1, 0.15) is 19.3 Å². The van der Waals surface area contributed by atoms with Crippen LogP contribution in [0.3, 0.4) is 0 Å². The maximum atomic E-state index is 5.91. The van der Waals surface area contributed by atoms with Gasteiger partial charge in [0, 0.05) is 25.2 Å². The van der Waals surface area contributed by atoms with E-state index in [2.05, 4.69) is 18.0 Å². The topological polar surface area (TPSA) is 38.5 Å². The number of nitrogens with two attached hydrogens (primary N) is 1. The van der Waals surface area contributed by atoms with Gasteiger partial charge in [-0.3, -0.25) is 0 Å². The van der Waals surface area contributed by atoms with Gasteiger partial charge in [0.25, 0.3) is 0 Å². The molecule has 0 amide bonds. The molecule has 0 unspecified atom stereocenters. The van der Waals surface area contributed by atoms with Crippen LogP contribution in [0, 0.1) is 6.42 Å². The van der Waals surface area contributed by atoms with Gasteiger partial charge in [0.2, 0.25) is 0 Å². The van der Waals surface area contributed by atoms with Gasteiger partial charge >= 0.3 is 0 Å². The number of hydrogen-bond donors (Lipinski definition) is 1. The van der Waals surface area contributed by atoms with Crippen molar-refractivity contribution in [1.82, 2.24) is 4.90 Å². The summed E-state index contributed by atoms with van der Waals surface area (Å²) in [5.74, 6) is 0.949. The summed E-state index contributed by atoms with van der Waals surface area (Å²) in [4.78, 5) is 2.34. The van der Waals surface area contributed by atoms with Crippen molar-refractivity contribution >= 4 is 0 Å². The Balaban J connectivity index is 1.84. The third-order valence-corrected chi connectivity index (χ3v) is 2.95. The molecule has 0 aromatic rings. The summed E-state index contributed by atoms with van der Waals surface area (Å²) in [7, 11) is 2.16. The van der Waals surface area contributed by atoms with Gasteiger partial charge in [0.05, 0.1) is 0 Å². The SMILES string of the molecule is CN1CCC(OC2=CC[CH]C(N)=C2)CC1. The van der Waals surface area contributed by atoms with E-state index in [1.54, 1.807) is 0 Å². The van der Waals surface area contributed by atoms with Crippen molar-refractivity contribution < 1.29 is 4.74 Å². The summed E-state index contributed by atoms with van der Waals surface area (Å²) in [5, 5.41) is 0. The smallest absolute Gasteiger partial charge is 0.117 e. The number of rotatable bonds is 2. The van der Waals surface area contributed by atoms with E-state index in [4.69, 9.17) is 10.5 Å². The highest BCUT2D eigenvalue weighted by molar-refractivity contribution is 5.28. The number of ether oxygens (including phenoxy) is 1. The predicted octanol–water partition coefficient (Wildman–Crippen LogP) is 1.43. The highest BCUT2D eigenvalue weighted by Gasteiger charge is 2.18. The van der Waals surface area contributed by atoms with Crippen molar-refractivity contribution in [2.75, 3.05) is 20.1 Å². The molecule has 1 heterocycles. The monoisotopic (exact) mass is 207 g/mol. The van der Waals surface area contributed by atoms with E-state index in [1.807, 2.05) is 12.5 Å². The van der Waals surface area contributed by atoms with Crippen molar-refractivity contribution in [2.24, 2.45) is 5.73 Å². The van der Waals surface area contributed by atoms with E-state index in [-0.39, 0.29) is 0 Å². The summed E-state index contributed by atoms with van der Waals surface area (Å²) >= 11 is 0. The molecule has 0 spiro atoms. The van der Waals surface area contributed by atoms with E-state index >= 15 is 0 Å². The lowest BCUT2D eigenvalue weighted by molar-refractivity contribution is 0.0634. The zero-order valence-electron chi connectivity index (χ0n) is 9.28. The fourth-order valence-corrected chi connectivity index (χ4v) is 1.97. The molecule has 2 rings (SSSR count). The quantitative estimate of drug-likeness (QED) is 0.744. The van der Waals surface area contributed by atoms with Gasteiger partial charge in [0.15, 0.2) is 0 Å². The van der Waals surface area contributed by atoms with E-state index in [0.29, 0.717) is 6.10 Å². The molecule has 1 fully saturated rings. The molecular formula is C12H19N2O. The average molecular weight is 207 g/mol. The first kappa shape index (κ1) is 10.6. The number of likely N-dealkylation sites (tertiary alicyclic amines) is 1. The molecule has 0 atom stereocenters. The van der Waals surface area contributed by atoms with Crippen molar-refractivity contribution in [2.45, 2.75) is 25.4 Å². The minimum Gasteiger partial charge on any atom is -0.491 e. The fraction of sp³-hybridized carbons (Fsp3) is 0.583. The number of hydrogen-bond acceptors (Lipinski definition) is 3. The van der Waals surface area contributed by atoms with Crippen LogP contribution < -0.4 is 5.73 Å². The standard InChI is InChI=1S/C12H19N2O/c1-14-7-5-11(6-8-14)15-12-4-2-3-10(13)9-12/h3-4,9,11H,2,5-8,13H2,1H3. The number of nitrogens with zero attached hydrogens (tertiary/aromatic N) is 1. The van der Waals surface area contributed by atoms with Crippen LogP contribution in [0.4, 0.5) is 0 Å². The van der Waals surface area contributed by atoms with Gasteiger partial charge < -0.3 is 15.4 Å². The molecule has 15 heavy (non-hydrogen) atoms. The van der Waals surface area contributed by atoms with E-state index in [9.17, 15) is 0 Å². The second-order valence-electron chi connectivity index (χ2n) is 4.31. The zero-order chi connectivity index (χ0) is 10.7. The molecule has 2 aliphatic rings. The van der Waals surface area contributed by atoms with Gasteiger partial charge in [-0.2, -0.15) is 0 Å². The molecular weight excluding hydrogens is 188 g/mol. The zero-order valence-corrected chi connectivity index (χ0v) is 9.28. The van der Waals surface area contributed by atoms with Crippen molar-refractivity contribution in [3.8, 4) is 0 Å². The molecule has 2 N–H and O–H groups in total. The lowest BCUT2D eigenvalue weighted by atomic mass is 10.1. The Labute approximate surface area is 91.6 Å². The van der Waals surface area contributed by atoms with Gasteiger partial charge in [-0.15, -0.1) is 0 Å². The van der Waals surface area contributed by atoms with E-state index < -0.39 is 0 Å². The molecule has 0 bridgehead atoms. The Morgan fingerprint density at radius 2 is 2.13 bits per heavy atom. The highest BCUT2D eigenvalue weighted by Crippen LogP contribution is 2.20. The van der Waals surface area contributed by atoms with Crippen LogP contribution >= 0.6 is 0 Å². The van der Waals surface area contributed by atoms with Crippen LogP contribution in [0.5, 0.6) is 0 Å². The third-order valence-electron chi connectivity index (χ3n) is 2.95. The van der Waals surface area contributed by atoms with E-state index in [0.717, 1.165) is 43.8 Å². The van der Waals surface area contributed by atoms with Crippen LogP contribution in [0.25, 0.3) is 0 Å². The third kappa shape index (κ3) is 2.99. The Bertz CT molecular complexity index is 275. The maximum absolute atomic E-state index is 5.91. The molecule has 0 saturated carbocycles. The summed E-state index contributed by atoms with van der Waals surface area (Å²) in [6.07, 6.45) is 9.51. The second kappa shape index (κ2) is 4.71. The first-order valence-electron chi connectivity index (χ1n) is 5.60. The molecule has 83 valence electrons. The van der Waals surface area contributed by atoms with Gasteiger partial charge in [0.1, 0.15) is 11.9 Å². The minimum atomic E-state index is 0.370. The summed E-state index contributed by atoms with van der Waals surface area (Å²) in [5.41, 5.74) is 6.55. The molecule has 1 radical (unpaired) electrons. The van der Waals surface area contributed by atoms with Gasteiger partial charge in [-0.25, -0.2) is 0 Å². The Kier molecular flexibility index (Phi) is 3.31. The predicted molar refractivity (Wildman–Crippen MR) is 60.9 cm³/mol. The molecule has 1 aliphatic heterocycles. The van der Waals surface area contributed by atoms with Crippen LogP contribution in [-0.2, 0) is 4.74 Å². The van der Waals surface area contributed by atoms with Gasteiger partial charge in [-0.1, -0.05) is 0 Å². The number of piperidine rings is 1. The van der Waals surface area contributed by atoms with Crippen molar-refractivity contribution in [1.29, 1.82) is 0 Å². The molecule has 0 aromatic heterocycles. The summed E-state index contributed by atoms with van der Waals surface area (Å²) < 4.78 is 5.91. The van der Waals surface area contributed by atoms with Crippen LogP contribution in [-0.4, -0.2) is 31.1 Å². The van der Waals surface area contributed by atoms with Crippen molar-refractivity contribution in [3.05, 3.63) is 30.0 Å². The largest absolute Gasteiger partial charge is 0.491 e. The Morgan fingerprint density at radius 3 is 2.80 bits per heavy atom. The Morgan fingerprint density at radius 1 is 1.40 bits per heavy atom. The number of allylic oxidation sites excluding steroid dienone is 3. The minimum absolute atomic E-state index is 0.370. The molecule has 3 heteroatoms. The molecule has 0 aromatic carbocycles.